The van der Waals surface area contributed by atoms with Crippen LogP contribution in [0.15, 0.2) is 35.2 Å². The molecule has 0 saturated carbocycles. The lowest BCUT2D eigenvalue weighted by Gasteiger charge is -2.27. The zero-order valence-corrected chi connectivity index (χ0v) is 22.4. The molecule has 200 valence electrons. The molecule has 0 heterocycles. The molecule has 3 atom stereocenters. The molecule has 2 aromatic carbocycles. The van der Waals surface area contributed by atoms with Gasteiger partial charge >= 0.3 is 0 Å². The largest absolute Gasteiger partial charge is 0.393 e. The minimum Gasteiger partial charge on any atom is -0.393 e. The fourth-order valence-corrected chi connectivity index (χ4v) is 5.27. The van der Waals surface area contributed by atoms with Crippen LogP contribution in [0.4, 0.5) is 18.9 Å². The average Bonchev–Trinajstić information content (AvgIpc) is 2.81. The summed E-state index contributed by atoms with van der Waals surface area (Å²) in [6.45, 7) is 8.62. The number of hydrogen-bond donors (Lipinski definition) is 2. The Hall–Kier alpha value is -1.78. The van der Waals surface area contributed by atoms with Crippen LogP contribution in [0.1, 0.15) is 57.3 Å². The highest BCUT2D eigenvalue weighted by Gasteiger charge is 2.24. The third-order valence-electron chi connectivity index (χ3n) is 5.40. The normalized spacial score (nSPS) is 14.1. The van der Waals surface area contributed by atoms with Crippen molar-refractivity contribution >= 4 is 35.0 Å². The van der Waals surface area contributed by atoms with Crippen molar-refractivity contribution in [2.24, 2.45) is 5.92 Å². The van der Waals surface area contributed by atoms with Crippen molar-refractivity contribution in [2.75, 3.05) is 18.5 Å². The summed E-state index contributed by atoms with van der Waals surface area (Å²) in [6, 6.07) is 6.08. The lowest BCUT2D eigenvalue weighted by molar-refractivity contribution is -0.164. The second-order valence-corrected chi connectivity index (χ2v) is 10.3. The monoisotopic (exact) mass is 547 g/mol. The lowest BCUT2D eigenvalue weighted by Crippen LogP contribution is -2.28. The topological polar surface area (TPSA) is 67.8 Å². The standard InChI is InChI=1S/C26H33ClF3NO4S/c1-5-34-26(35-6-2)15(3)11-19(9-7-16(4)32)36-23-12-17(8-10-20(23)27)25(33)31-18-13-21(28)24(30)22(29)14-18/h8,10,12-16,19,26,32H,5-7,9,11H2,1-4H3,(H,31,33). The zero-order valence-electron chi connectivity index (χ0n) is 20.8. The Morgan fingerprint density at radius 2 is 1.67 bits per heavy atom. The van der Waals surface area contributed by atoms with Gasteiger partial charge in [0.2, 0.25) is 0 Å². The molecular formula is C26H33ClF3NO4S. The van der Waals surface area contributed by atoms with Crippen LogP contribution in [-0.4, -0.2) is 41.9 Å². The van der Waals surface area contributed by atoms with Gasteiger partial charge < -0.3 is 19.9 Å². The number of ether oxygens (including phenoxy) is 2. The SMILES string of the molecule is CCOC(OCC)C(C)CC(CCC(C)O)Sc1cc(C(=O)Nc2cc(F)c(F)c(F)c2)ccc1Cl. The fraction of sp³-hybridized carbons (Fsp3) is 0.500. The second-order valence-electron chi connectivity index (χ2n) is 8.51. The highest BCUT2D eigenvalue weighted by Crippen LogP contribution is 2.37. The number of carbonyl (C=O) groups excluding carboxylic acids is 1. The molecular weight excluding hydrogens is 515 g/mol. The van der Waals surface area contributed by atoms with E-state index in [9.17, 15) is 23.1 Å². The highest BCUT2D eigenvalue weighted by atomic mass is 35.5. The summed E-state index contributed by atoms with van der Waals surface area (Å²) in [6.07, 6.45) is 1.15. The molecule has 2 aromatic rings. The van der Waals surface area contributed by atoms with Gasteiger partial charge in [-0.3, -0.25) is 4.79 Å². The van der Waals surface area contributed by atoms with Gasteiger partial charge in [0.1, 0.15) is 0 Å². The molecule has 2 rings (SSSR count). The number of nitrogens with one attached hydrogen (secondary N) is 1. The van der Waals surface area contributed by atoms with Gasteiger partial charge in [0.05, 0.1) is 11.1 Å². The molecule has 0 aromatic heterocycles. The number of halogens is 4. The lowest BCUT2D eigenvalue weighted by atomic mass is 10.0. The van der Waals surface area contributed by atoms with Crippen LogP contribution in [0.5, 0.6) is 0 Å². The van der Waals surface area contributed by atoms with Gasteiger partial charge in [0.25, 0.3) is 5.91 Å². The number of benzene rings is 2. The Morgan fingerprint density at radius 3 is 2.22 bits per heavy atom. The van der Waals surface area contributed by atoms with Gasteiger partial charge in [-0.2, -0.15) is 0 Å². The number of anilines is 1. The Bertz CT molecular complexity index is 982. The van der Waals surface area contributed by atoms with Crippen molar-refractivity contribution in [1.82, 2.24) is 0 Å². The molecule has 0 radical (unpaired) electrons. The quantitative estimate of drug-likeness (QED) is 0.151. The van der Waals surface area contributed by atoms with E-state index in [1.54, 1.807) is 19.1 Å². The summed E-state index contributed by atoms with van der Waals surface area (Å²) in [5.41, 5.74) is 0.0120. The number of hydrogen-bond acceptors (Lipinski definition) is 5. The predicted molar refractivity (Wildman–Crippen MR) is 137 cm³/mol. The third kappa shape index (κ3) is 9.27. The van der Waals surface area contributed by atoms with E-state index in [0.717, 1.165) is 0 Å². The van der Waals surface area contributed by atoms with Crippen molar-refractivity contribution in [3.05, 3.63) is 58.4 Å². The number of carbonyl (C=O) groups is 1. The number of amides is 1. The van der Waals surface area contributed by atoms with Gasteiger partial charge in [-0.25, -0.2) is 13.2 Å². The molecule has 3 unspecified atom stereocenters. The first-order chi connectivity index (χ1) is 17.0. The first kappa shape index (κ1) is 30.4. The van der Waals surface area contributed by atoms with Crippen molar-refractivity contribution in [3.8, 4) is 0 Å². The van der Waals surface area contributed by atoms with Crippen molar-refractivity contribution in [1.29, 1.82) is 0 Å². The van der Waals surface area contributed by atoms with Crippen molar-refractivity contribution in [2.45, 2.75) is 69.5 Å². The van der Waals surface area contributed by atoms with Gasteiger partial charge in [0.15, 0.2) is 23.7 Å². The molecule has 1 amide bonds. The van der Waals surface area contributed by atoms with E-state index in [0.29, 0.717) is 54.5 Å². The Morgan fingerprint density at radius 1 is 1.06 bits per heavy atom. The van der Waals surface area contributed by atoms with Crippen LogP contribution in [0.3, 0.4) is 0 Å². The summed E-state index contributed by atoms with van der Waals surface area (Å²) in [7, 11) is 0. The Balaban J connectivity index is 2.21. The predicted octanol–water partition coefficient (Wildman–Crippen LogP) is 7.06. The van der Waals surface area contributed by atoms with Crippen LogP contribution in [0.2, 0.25) is 5.02 Å². The second kappa shape index (κ2) is 14.8. The van der Waals surface area contributed by atoms with Crippen molar-refractivity contribution < 1.29 is 32.5 Å². The third-order valence-corrected chi connectivity index (χ3v) is 7.19. The summed E-state index contributed by atoms with van der Waals surface area (Å²) in [5, 5.41) is 12.7. The van der Waals surface area contributed by atoms with E-state index in [-0.39, 0.29) is 28.7 Å². The molecule has 0 aliphatic rings. The molecule has 5 nitrogen and oxygen atoms in total. The number of thioether (sulfide) groups is 1. The zero-order chi connectivity index (χ0) is 26.8. The van der Waals surface area contributed by atoms with Gasteiger partial charge in [-0.1, -0.05) is 18.5 Å². The van der Waals surface area contributed by atoms with Crippen LogP contribution in [-0.2, 0) is 9.47 Å². The van der Waals surface area contributed by atoms with Crippen LogP contribution < -0.4 is 5.32 Å². The molecule has 36 heavy (non-hydrogen) atoms. The average molecular weight is 548 g/mol. The van der Waals surface area contributed by atoms with E-state index < -0.39 is 29.5 Å². The highest BCUT2D eigenvalue weighted by molar-refractivity contribution is 8.00. The van der Waals surface area contributed by atoms with E-state index in [1.165, 1.54) is 17.8 Å². The molecule has 0 saturated heterocycles. The van der Waals surface area contributed by atoms with Crippen LogP contribution in [0, 0.1) is 23.4 Å². The molecule has 10 heteroatoms. The maximum Gasteiger partial charge on any atom is 0.255 e. The van der Waals surface area contributed by atoms with E-state index in [1.807, 2.05) is 20.8 Å². The van der Waals surface area contributed by atoms with E-state index in [4.69, 9.17) is 21.1 Å². The summed E-state index contributed by atoms with van der Waals surface area (Å²) < 4.78 is 51.7. The minimum atomic E-state index is -1.61. The Labute approximate surface area is 219 Å². The molecule has 0 aliphatic heterocycles. The molecule has 0 aliphatic carbocycles. The summed E-state index contributed by atoms with van der Waals surface area (Å²) in [5.74, 6) is -4.97. The van der Waals surface area contributed by atoms with E-state index >= 15 is 0 Å². The first-order valence-electron chi connectivity index (χ1n) is 11.9. The smallest absolute Gasteiger partial charge is 0.255 e. The Kier molecular flexibility index (Phi) is 12.5. The van der Waals surface area contributed by atoms with Gasteiger partial charge in [-0.15, -0.1) is 11.8 Å². The van der Waals surface area contributed by atoms with Crippen molar-refractivity contribution in [3.63, 3.8) is 0 Å². The first-order valence-corrected chi connectivity index (χ1v) is 13.1. The number of aliphatic hydroxyl groups excluding tert-OH is 1. The van der Waals surface area contributed by atoms with Crippen LogP contribution in [0.25, 0.3) is 0 Å². The molecule has 2 N–H and O–H groups in total. The number of aliphatic hydroxyl groups is 1. The van der Waals surface area contributed by atoms with Crippen LogP contribution >= 0.6 is 23.4 Å². The summed E-state index contributed by atoms with van der Waals surface area (Å²) in [4.78, 5) is 13.4. The maximum absolute atomic E-state index is 13.5. The minimum absolute atomic E-state index is 0.0362. The molecule has 0 spiro atoms. The molecule has 0 fully saturated rings. The fourth-order valence-electron chi connectivity index (χ4n) is 3.63. The molecule has 0 bridgehead atoms. The summed E-state index contributed by atoms with van der Waals surface area (Å²) >= 11 is 7.91. The van der Waals surface area contributed by atoms with Gasteiger partial charge in [0, 0.05) is 52.7 Å². The number of rotatable bonds is 14. The van der Waals surface area contributed by atoms with E-state index in [2.05, 4.69) is 5.32 Å². The van der Waals surface area contributed by atoms with Gasteiger partial charge in [-0.05, 0) is 58.2 Å². The maximum atomic E-state index is 13.5.